The smallest absolute Gasteiger partial charge is 0.306 e. The van der Waals surface area contributed by atoms with Crippen molar-refractivity contribution in [3.05, 3.63) is 60.8 Å². The van der Waals surface area contributed by atoms with Crippen LogP contribution in [0, 0.1) is 0 Å². The molecule has 0 saturated carbocycles. The van der Waals surface area contributed by atoms with Crippen molar-refractivity contribution in [1.29, 1.82) is 0 Å². The lowest BCUT2D eigenvalue weighted by Gasteiger charge is -2.18. The lowest BCUT2D eigenvalue weighted by molar-refractivity contribution is -0.166. The molecular weight excluding hydrogens is 793 g/mol. The number of unbranched alkanes of at least 4 members (excludes halogenated alkanes) is 28. The molecule has 1 atom stereocenters. The maximum Gasteiger partial charge on any atom is 0.306 e. The van der Waals surface area contributed by atoms with Gasteiger partial charge in [0.1, 0.15) is 13.2 Å². The molecule has 0 spiro atoms. The van der Waals surface area contributed by atoms with Crippen LogP contribution < -0.4 is 0 Å². The van der Waals surface area contributed by atoms with Crippen molar-refractivity contribution in [3.63, 3.8) is 0 Å². The van der Waals surface area contributed by atoms with Crippen molar-refractivity contribution in [3.8, 4) is 0 Å². The summed E-state index contributed by atoms with van der Waals surface area (Å²) in [4.78, 5) is 38.0. The van der Waals surface area contributed by atoms with Crippen LogP contribution in [0.1, 0.15) is 271 Å². The van der Waals surface area contributed by atoms with E-state index in [0.29, 0.717) is 19.3 Å². The Morgan fingerprint density at radius 3 is 0.953 bits per heavy atom. The summed E-state index contributed by atoms with van der Waals surface area (Å²) in [6.07, 6.45) is 65.0. The fraction of sp³-hybridized carbons (Fsp3) is 0.776. The zero-order chi connectivity index (χ0) is 46.5. The average molecular weight is 895 g/mol. The lowest BCUT2D eigenvalue weighted by atomic mass is 10.0. The Bertz CT molecular complexity index is 1170. The summed E-state index contributed by atoms with van der Waals surface area (Å²) in [7, 11) is 0. The molecular formula is C58H102O6. The molecule has 370 valence electrons. The molecule has 0 aromatic carbocycles. The first-order valence-electron chi connectivity index (χ1n) is 27.3. The lowest BCUT2D eigenvalue weighted by Crippen LogP contribution is -2.30. The standard InChI is InChI=1S/C58H102O6/c1-4-7-10-13-16-19-22-25-28-30-33-36-39-42-45-48-51-57(60)63-54-55(53-62-56(59)50-47-44-41-38-35-32-27-24-21-18-15-12-9-6-3)64-58(61)52-49-46-43-40-37-34-31-29-26-23-20-17-14-11-8-5-2/h7,10,16,19,25,28,33,36,42,45,55H,4-6,8-9,11-15,17-18,20-24,26-27,29-32,34-35,37-41,43-44,46-54H2,1-3H3/b10-7-,19-16-,28-25-,36-33-,45-42-. The van der Waals surface area contributed by atoms with Crippen molar-refractivity contribution in [2.45, 2.75) is 277 Å². The van der Waals surface area contributed by atoms with Gasteiger partial charge in [-0.1, -0.05) is 261 Å². The van der Waals surface area contributed by atoms with E-state index >= 15 is 0 Å². The molecule has 0 fully saturated rings. The van der Waals surface area contributed by atoms with E-state index in [1.807, 2.05) is 6.08 Å². The predicted molar refractivity (Wildman–Crippen MR) is 275 cm³/mol. The fourth-order valence-electron chi connectivity index (χ4n) is 7.73. The highest BCUT2D eigenvalue weighted by Crippen LogP contribution is 2.16. The summed E-state index contributed by atoms with van der Waals surface area (Å²) in [6, 6.07) is 0. The van der Waals surface area contributed by atoms with E-state index in [1.165, 1.54) is 154 Å². The van der Waals surface area contributed by atoms with Gasteiger partial charge in [-0.25, -0.2) is 0 Å². The maximum absolute atomic E-state index is 12.8. The number of carbonyl (C=O) groups excluding carboxylic acids is 3. The van der Waals surface area contributed by atoms with Crippen molar-refractivity contribution in [2.24, 2.45) is 0 Å². The van der Waals surface area contributed by atoms with Crippen LogP contribution in [-0.2, 0) is 28.6 Å². The third-order valence-electron chi connectivity index (χ3n) is 11.8. The second-order valence-electron chi connectivity index (χ2n) is 18.1. The Balaban J connectivity index is 4.45. The van der Waals surface area contributed by atoms with Gasteiger partial charge in [0.2, 0.25) is 0 Å². The minimum absolute atomic E-state index is 0.0931. The summed E-state index contributed by atoms with van der Waals surface area (Å²) < 4.78 is 16.8. The van der Waals surface area contributed by atoms with Crippen LogP contribution in [0.25, 0.3) is 0 Å². The van der Waals surface area contributed by atoms with Gasteiger partial charge in [0.15, 0.2) is 6.10 Å². The number of hydrogen-bond donors (Lipinski definition) is 0. The third kappa shape index (κ3) is 50.1. The van der Waals surface area contributed by atoms with Crippen LogP contribution >= 0.6 is 0 Å². The van der Waals surface area contributed by atoms with Crippen LogP contribution in [-0.4, -0.2) is 37.2 Å². The summed E-state index contributed by atoms with van der Waals surface area (Å²) in [6.45, 7) is 6.49. The quantitative estimate of drug-likeness (QED) is 0.0262. The van der Waals surface area contributed by atoms with E-state index < -0.39 is 6.10 Å². The van der Waals surface area contributed by atoms with E-state index in [0.717, 1.165) is 70.6 Å². The van der Waals surface area contributed by atoms with Crippen molar-refractivity contribution in [2.75, 3.05) is 13.2 Å². The number of rotatable bonds is 49. The molecule has 0 aliphatic rings. The first-order chi connectivity index (χ1) is 31.5. The van der Waals surface area contributed by atoms with Gasteiger partial charge >= 0.3 is 17.9 Å². The van der Waals surface area contributed by atoms with Crippen molar-refractivity contribution >= 4 is 17.9 Å². The van der Waals surface area contributed by atoms with E-state index in [-0.39, 0.29) is 37.5 Å². The molecule has 0 heterocycles. The van der Waals surface area contributed by atoms with Gasteiger partial charge < -0.3 is 14.2 Å². The predicted octanol–water partition coefficient (Wildman–Crippen LogP) is 18.0. The van der Waals surface area contributed by atoms with Crippen LogP contribution in [0.4, 0.5) is 0 Å². The molecule has 0 radical (unpaired) electrons. The number of hydrogen-bond acceptors (Lipinski definition) is 6. The summed E-state index contributed by atoms with van der Waals surface area (Å²) in [5, 5.41) is 0. The molecule has 0 aromatic rings. The van der Waals surface area contributed by atoms with Gasteiger partial charge in [0.25, 0.3) is 0 Å². The molecule has 0 bridgehead atoms. The number of allylic oxidation sites excluding steroid dienone is 10. The van der Waals surface area contributed by atoms with Gasteiger partial charge in [-0.2, -0.15) is 0 Å². The van der Waals surface area contributed by atoms with E-state index in [4.69, 9.17) is 14.2 Å². The second-order valence-corrected chi connectivity index (χ2v) is 18.1. The number of carbonyl (C=O) groups is 3. The SMILES string of the molecule is CC/C=C\C/C=C\C/C=C\C/C=C\C/C=C\CCC(=O)OCC(COC(=O)CCCCCCCCCCCCCCCC)OC(=O)CCCCCCCCCCCCCCCCCC. The fourth-order valence-corrected chi connectivity index (χ4v) is 7.73. The molecule has 0 rings (SSSR count). The first-order valence-corrected chi connectivity index (χ1v) is 27.3. The highest BCUT2D eigenvalue weighted by Gasteiger charge is 2.19. The van der Waals surface area contributed by atoms with E-state index in [9.17, 15) is 14.4 Å². The number of ether oxygens (including phenoxy) is 3. The van der Waals surface area contributed by atoms with Gasteiger partial charge in [-0.3, -0.25) is 14.4 Å². The molecule has 0 amide bonds. The molecule has 6 heteroatoms. The normalized spacial score (nSPS) is 12.5. The van der Waals surface area contributed by atoms with Crippen LogP contribution in [0.15, 0.2) is 60.8 Å². The molecule has 6 nitrogen and oxygen atoms in total. The van der Waals surface area contributed by atoms with Crippen molar-refractivity contribution < 1.29 is 28.6 Å². The molecule has 0 aliphatic carbocycles. The van der Waals surface area contributed by atoms with Gasteiger partial charge in [0, 0.05) is 19.3 Å². The molecule has 0 aromatic heterocycles. The summed E-state index contributed by atoms with van der Waals surface area (Å²) >= 11 is 0. The van der Waals surface area contributed by atoms with E-state index in [2.05, 4.69) is 75.5 Å². The Morgan fingerprint density at radius 2 is 0.609 bits per heavy atom. The van der Waals surface area contributed by atoms with Crippen molar-refractivity contribution in [1.82, 2.24) is 0 Å². The van der Waals surface area contributed by atoms with Crippen LogP contribution in [0.3, 0.4) is 0 Å². The Hall–Kier alpha value is -2.89. The van der Waals surface area contributed by atoms with Gasteiger partial charge in [-0.05, 0) is 51.4 Å². The zero-order valence-electron chi connectivity index (χ0n) is 42.3. The molecule has 1 unspecified atom stereocenters. The third-order valence-corrected chi connectivity index (χ3v) is 11.8. The van der Waals surface area contributed by atoms with Gasteiger partial charge in [0.05, 0.1) is 0 Å². The van der Waals surface area contributed by atoms with E-state index in [1.54, 1.807) is 0 Å². The molecule has 64 heavy (non-hydrogen) atoms. The monoisotopic (exact) mass is 895 g/mol. The highest BCUT2D eigenvalue weighted by atomic mass is 16.6. The largest absolute Gasteiger partial charge is 0.462 e. The first kappa shape index (κ1) is 61.1. The Morgan fingerprint density at radius 1 is 0.328 bits per heavy atom. The van der Waals surface area contributed by atoms with Crippen LogP contribution in [0.5, 0.6) is 0 Å². The Kier molecular flexibility index (Phi) is 50.4. The topological polar surface area (TPSA) is 78.9 Å². The van der Waals surface area contributed by atoms with Crippen LogP contribution in [0.2, 0.25) is 0 Å². The minimum Gasteiger partial charge on any atom is -0.462 e. The summed E-state index contributed by atoms with van der Waals surface area (Å²) in [5.74, 6) is -0.968. The zero-order valence-corrected chi connectivity index (χ0v) is 42.3. The average Bonchev–Trinajstić information content (AvgIpc) is 3.29. The maximum atomic E-state index is 12.8. The second kappa shape index (κ2) is 52.7. The highest BCUT2D eigenvalue weighted by molar-refractivity contribution is 5.71. The number of esters is 3. The summed E-state index contributed by atoms with van der Waals surface area (Å²) in [5.41, 5.74) is 0. The van der Waals surface area contributed by atoms with Gasteiger partial charge in [-0.15, -0.1) is 0 Å². The minimum atomic E-state index is -0.800. The molecule has 0 saturated heterocycles. The molecule has 0 aliphatic heterocycles. The molecule has 0 N–H and O–H groups in total. The Labute approximate surface area is 396 Å².